The molecule has 0 bridgehead atoms. The molecule has 162 valence electrons. The molecule has 0 aliphatic heterocycles. The van der Waals surface area contributed by atoms with Crippen LogP contribution in [-0.2, 0) is 23.4 Å². The Morgan fingerprint density at radius 1 is 0.875 bits per heavy atom. The molecule has 0 fully saturated rings. The Labute approximate surface area is 191 Å². The fraction of sp³-hybridized carbons (Fsp3) is 0.192. The minimum absolute atomic E-state index is 0.164. The monoisotopic (exact) mass is 443 g/mol. The number of benzene rings is 2. The normalized spacial score (nSPS) is 11.3. The number of aromatic nitrogens is 2. The molecule has 0 saturated carbocycles. The van der Waals surface area contributed by atoms with E-state index < -0.39 is 5.54 Å². The van der Waals surface area contributed by atoms with Gasteiger partial charge in [0.1, 0.15) is 11.2 Å². The van der Waals surface area contributed by atoms with Crippen LogP contribution in [0.15, 0.2) is 95.1 Å². The van der Waals surface area contributed by atoms with Gasteiger partial charge in [-0.1, -0.05) is 66.7 Å². The molecule has 0 atom stereocenters. The largest absolute Gasteiger partial charge is 0.332 e. The number of carbonyl (C=O) groups excluding carboxylic acids is 1. The second-order valence-corrected chi connectivity index (χ2v) is 9.09. The quantitative estimate of drug-likeness (QED) is 0.407. The molecule has 0 saturated heterocycles. The van der Waals surface area contributed by atoms with Gasteiger partial charge in [-0.15, -0.1) is 11.3 Å². The van der Waals surface area contributed by atoms with Crippen LogP contribution in [0.3, 0.4) is 0 Å². The van der Waals surface area contributed by atoms with E-state index in [1.54, 1.807) is 36.2 Å². The van der Waals surface area contributed by atoms with Crippen LogP contribution >= 0.6 is 11.3 Å². The zero-order valence-corrected chi connectivity index (χ0v) is 19.0. The summed E-state index contributed by atoms with van der Waals surface area (Å²) in [6.45, 7) is 4.39. The van der Waals surface area contributed by atoms with Crippen LogP contribution in [-0.4, -0.2) is 20.6 Å². The highest BCUT2D eigenvalue weighted by Gasteiger charge is 2.36. The maximum atomic E-state index is 13.9. The van der Waals surface area contributed by atoms with Crippen molar-refractivity contribution in [2.45, 2.75) is 32.5 Å². The number of nitrogens with zero attached hydrogens (tertiary/aromatic N) is 3. The third-order valence-corrected chi connectivity index (χ3v) is 6.24. The molecule has 2 heterocycles. The van der Waals surface area contributed by atoms with Crippen molar-refractivity contribution in [3.8, 4) is 10.6 Å². The van der Waals surface area contributed by atoms with Crippen molar-refractivity contribution >= 4 is 17.2 Å². The number of carbonyl (C=O) groups is 1. The lowest BCUT2D eigenvalue weighted by atomic mass is 10.0. The first kappa shape index (κ1) is 21.7. The zero-order valence-electron chi connectivity index (χ0n) is 18.1. The molecule has 0 spiro atoms. The Morgan fingerprint density at radius 2 is 1.47 bits per heavy atom. The fourth-order valence-corrected chi connectivity index (χ4v) is 4.34. The molecule has 0 radical (unpaired) electrons. The van der Waals surface area contributed by atoms with Crippen molar-refractivity contribution < 1.29 is 4.79 Å². The van der Waals surface area contributed by atoms with Crippen LogP contribution in [0.25, 0.3) is 10.6 Å². The maximum absolute atomic E-state index is 13.9. The Morgan fingerprint density at radius 3 is 2.00 bits per heavy atom. The van der Waals surface area contributed by atoms with E-state index in [0.717, 1.165) is 16.0 Å². The smallest absolute Gasteiger partial charge is 0.267 e. The summed E-state index contributed by atoms with van der Waals surface area (Å²) < 4.78 is 1.31. The van der Waals surface area contributed by atoms with Crippen LogP contribution in [0.5, 0.6) is 0 Å². The minimum atomic E-state index is -1.16. The first-order valence-corrected chi connectivity index (χ1v) is 11.3. The Bertz CT molecular complexity index is 1190. The van der Waals surface area contributed by atoms with Crippen LogP contribution in [0.1, 0.15) is 25.0 Å². The van der Waals surface area contributed by atoms with Gasteiger partial charge < -0.3 is 4.90 Å². The predicted molar refractivity (Wildman–Crippen MR) is 128 cm³/mol. The van der Waals surface area contributed by atoms with E-state index in [1.807, 2.05) is 78.2 Å². The molecule has 0 aliphatic carbocycles. The number of thiophene rings is 1. The molecular formula is C26H25N3O2S. The third kappa shape index (κ3) is 4.70. The predicted octanol–water partition coefficient (Wildman–Crippen LogP) is 4.94. The summed E-state index contributed by atoms with van der Waals surface area (Å²) in [5.74, 6) is -0.164. The number of hydrogen-bond donors (Lipinski definition) is 0. The van der Waals surface area contributed by atoms with Crippen LogP contribution < -0.4 is 5.56 Å². The Kier molecular flexibility index (Phi) is 6.32. The average molecular weight is 444 g/mol. The van der Waals surface area contributed by atoms with Gasteiger partial charge in [0, 0.05) is 19.2 Å². The topological polar surface area (TPSA) is 55.2 Å². The summed E-state index contributed by atoms with van der Waals surface area (Å²) in [6, 6.07) is 26.8. The van der Waals surface area contributed by atoms with Crippen molar-refractivity contribution in [1.29, 1.82) is 0 Å². The first-order valence-electron chi connectivity index (χ1n) is 10.5. The van der Waals surface area contributed by atoms with Gasteiger partial charge in [-0.3, -0.25) is 9.59 Å². The number of rotatable bonds is 7. The van der Waals surface area contributed by atoms with Crippen molar-refractivity contribution in [3.05, 3.63) is 112 Å². The van der Waals surface area contributed by atoms with E-state index in [0.29, 0.717) is 18.8 Å². The van der Waals surface area contributed by atoms with Gasteiger partial charge in [-0.05, 0) is 42.5 Å². The van der Waals surface area contributed by atoms with Gasteiger partial charge in [0.25, 0.3) is 11.5 Å². The lowest BCUT2D eigenvalue weighted by Gasteiger charge is -2.33. The van der Waals surface area contributed by atoms with E-state index in [4.69, 9.17) is 0 Å². The van der Waals surface area contributed by atoms with E-state index in [9.17, 15) is 9.59 Å². The van der Waals surface area contributed by atoms with Crippen molar-refractivity contribution in [3.63, 3.8) is 0 Å². The number of amides is 1. The third-order valence-electron chi connectivity index (χ3n) is 5.35. The lowest BCUT2D eigenvalue weighted by Crippen LogP contribution is -2.50. The number of hydrogen-bond acceptors (Lipinski definition) is 4. The van der Waals surface area contributed by atoms with Gasteiger partial charge in [0.15, 0.2) is 0 Å². The second-order valence-electron chi connectivity index (χ2n) is 8.14. The molecule has 2 aromatic carbocycles. The lowest BCUT2D eigenvalue weighted by molar-refractivity contribution is -0.141. The second kappa shape index (κ2) is 9.32. The van der Waals surface area contributed by atoms with Gasteiger partial charge in [0.2, 0.25) is 0 Å². The van der Waals surface area contributed by atoms with E-state index >= 15 is 0 Å². The summed E-state index contributed by atoms with van der Waals surface area (Å²) in [7, 11) is 0. The van der Waals surface area contributed by atoms with Gasteiger partial charge in [0.05, 0.1) is 4.88 Å². The molecule has 5 nitrogen and oxygen atoms in total. The van der Waals surface area contributed by atoms with Crippen molar-refractivity contribution in [2.75, 3.05) is 0 Å². The summed E-state index contributed by atoms with van der Waals surface area (Å²) in [5.41, 5.74) is 1.27. The molecule has 4 rings (SSSR count). The first-order chi connectivity index (χ1) is 15.4. The molecule has 0 N–H and O–H groups in total. The summed E-state index contributed by atoms with van der Waals surface area (Å²) in [6.07, 6.45) is 0. The molecule has 1 amide bonds. The summed E-state index contributed by atoms with van der Waals surface area (Å²) >= 11 is 1.55. The molecule has 6 heteroatoms. The van der Waals surface area contributed by atoms with Gasteiger partial charge >= 0.3 is 0 Å². The van der Waals surface area contributed by atoms with Crippen LogP contribution in [0.4, 0.5) is 0 Å². The molecule has 4 aromatic rings. The van der Waals surface area contributed by atoms with Crippen molar-refractivity contribution in [2.24, 2.45) is 0 Å². The summed E-state index contributed by atoms with van der Waals surface area (Å²) in [4.78, 5) is 29.4. The van der Waals surface area contributed by atoms with Crippen LogP contribution in [0.2, 0.25) is 0 Å². The standard InChI is InChI=1S/C26H25N3O2S/c1-26(2,29-24(30)16-15-22(27-29)23-14-9-17-32-23)25(31)28(18-20-10-5-3-6-11-20)19-21-12-7-4-8-13-21/h3-17H,18-19H2,1-2H3. The Balaban J connectivity index is 1.70. The zero-order chi connectivity index (χ0) is 22.6. The highest BCUT2D eigenvalue weighted by molar-refractivity contribution is 7.13. The van der Waals surface area contributed by atoms with Crippen LogP contribution in [0, 0.1) is 0 Å². The highest BCUT2D eigenvalue weighted by atomic mass is 32.1. The van der Waals surface area contributed by atoms with E-state index in [1.165, 1.54) is 10.7 Å². The van der Waals surface area contributed by atoms with E-state index in [-0.39, 0.29) is 11.5 Å². The molecule has 0 aliphatic rings. The minimum Gasteiger partial charge on any atom is -0.332 e. The Hall–Kier alpha value is -3.51. The summed E-state index contributed by atoms with van der Waals surface area (Å²) in [5, 5.41) is 6.53. The maximum Gasteiger partial charge on any atom is 0.267 e. The SMILES string of the molecule is CC(C)(C(=O)N(Cc1ccccc1)Cc1ccccc1)n1nc(-c2cccs2)ccc1=O. The van der Waals surface area contributed by atoms with Gasteiger partial charge in [-0.2, -0.15) is 5.10 Å². The molecule has 2 aromatic heterocycles. The molecule has 32 heavy (non-hydrogen) atoms. The van der Waals surface area contributed by atoms with Crippen molar-refractivity contribution in [1.82, 2.24) is 14.7 Å². The van der Waals surface area contributed by atoms with Gasteiger partial charge in [-0.25, -0.2) is 4.68 Å². The molecule has 0 unspecified atom stereocenters. The average Bonchev–Trinajstić information content (AvgIpc) is 3.35. The molecular weight excluding hydrogens is 418 g/mol. The fourth-order valence-electron chi connectivity index (χ4n) is 3.65. The van der Waals surface area contributed by atoms with E-state index in [2.05, 4.69) is 5.10 Å². The highest BCUT2D eigenvalue weighted by Crippen LogP contribution is 2.24.